The minimum Gasteiger partial charge on any atom is -0.208 e. The Balaban J connectivity index is 1.34. The Bertz CT molecular complexity index is 2590. The molecule has 3 heterocycles. The summed E-state index contributed by atoms with van der Waals surface area (Å²) >= 11 is 0. The fraction of sp³-hybridized carbons (Fsp3) is 0.0816. The van der Waals surface area contributed by atoms with E-state index in [0.29, 0.717) is 5.82 Å². The molecule has 7 aromatic carbocycles. The zero-order valence-electron chi connectivity index (χ0n) is 30.9. The molecule has 0 saturated heterocycles. The van der Waals surface area contributed by atoms with Crippen LogP contribution in [-0.2, 0) is 0 Å². The van der Waals surface area contributed by atoms with E-state index in [2.05, 4.69) is 190 Å². The number of hydrogen-bond donors (Lipinski definition) is 0. The fourth-order valence-corrected chi connectivity index (χ4v) is 16.1. The van der Waals surface area contributed by atoms with Gasteiger partial charge in [0.2, 0.25) is 0 Å². The summed E-state index contributed by atoms with van der Waals surface area (Å²) in [4.78, 5) is 16.7. The Morgan fingerprint density at radius 3 is 1.06 bits per heavy atom. The number of hydrogen-bond acceptors (Lipinski definition) is 3. The molecule has 0 amide bonds. The van der Waals surface area contributed by atoms with Gasteiger partial charge in [-0.15, -0.1) is 0 Å². The largest absolute Gasteiger partial charge is 0.208 e. The molecule has 54 heavy (non-hydrogen) atoms. The lowest BCUT2D eigenvalue weighted by Gasteiger charge is -2.26. The molecule has 10 rings (SSSR count). The zero-order chi connectivity index (χ0) is 36.6. The Kier molecular flexibility index (Phi) is 7.41. The van der Waals surface area contributed by atoms with E-state index < -0.39 is 16.1 Å². The maximum atomic E-state index is 5.71. The highest BCUT2D eigenvalue weighted by Gasteiger charge is 2.43. The third kappa shape index (κ3) is 4.89. The van der Waals surface area contributed by atoms with Gasteiger partial charge in [-0.1, -0.05) is 190 Å². The van der Waals surface area contributed by atoms with Gasteiger partial charge in [0, 0.05) is 16.7 Å². The summed E-state index contributed by atoms with van der Waals surface area (Å²) in [7, 11) is -4.41. The van der Waals surface area contributed by atoms with Crippen LogP contribution in [0.3, 0.4) is 0 Å². The molecular weight excluding hydrogens is 687 g/mol. The van der Waals surface area contributed by atoms with Crippen LogP contribution >= 0.6 is 0 Å². The van der Waals surface area contributed by atoms with Crippen molar-refractivity contribution < 1.29 is 0 Å². The molecule has 0 unspecified atom stereocenters. The van der Waals surface area contributed by atoms with E-state index in [-0.39, 0.29) is 0 Å². The molecule has 2 aliphatic rings. The van der Waals surface area contributed by atoms with Gasteiger partial charge in [-0.2, -0.15) is 0 Å². The van der Waals surface area contributed by atoms with Crippen molar-refractivity contribution in [1.29, 1.82) is 0 Å². The molecule has 5 heteroatoms. The number of fused-ring (bicyclic) bond motifs is 6. The van der Waals surface area contributed by atoms with Crippen molar-refractivity contribution >= 4 is 36.9 Å². The highest BCUT2D eigenvalue weighted by Crippen LogP contribution is 2.42. The zero-order valence-corrected chi connectivity index (χ0v) is 32.9. The molecule has 2 aliphatic heterocycles. The topological polar surface area (TPSA) is 38.7 Å². The number of benzene rings is 7. The summed E-state index contributed by atoms with van der Waals surface area (Å²) < 4.78 is 0. The first-order valence-corrected chi connectivity index (χ1v) is 24.8. The second-order valence-electron chi connectivity index (χ2n) is 15.6. The molecule has 0 atom stereocenters. The standard InChI is InChI=1S/C49H39N3Si2/c1-53(2)41-26-16-14-24-37(41)39-30-28-35(32-18-8-5-9-19-32)43(45(39)53)48-50-47(34-22-12-7-13-23-34)51-49(52-48)44-36(33-20-10-6-11-21-33)29-31-40-38-25-15-17-27-42(38)54(3,4)46(40)44/h5-31H,1-4H3. The predicted molar refractivity (Wildman–Crippen MR) is 231 cm³/mol. The van der Waals surface area contributed by atoms with E-state index in [1.54, 1.807) is 0 Å². The summed E-state index contributed by atoms with van der Waals surface area (Å²) in [5.74, 6) is 2.15. The Labute approximate surface area is 319 Å². The van der Waals surface area contributed by atoms with Crippen LogP contribution in [0.2, 0.25) is 26.2 Å². The van der Waals surface area contributed by atoms with E-state index in [4.69, 9.17) is 15.0 Å². The third-order valence-electron chi connectivity index (χ3n) is 11.7. The molecule has 0 bridgehead atoms. The summed E-state index contributed by atoms with van der Waals surface area (Å²) in [5, 5.41) is 5.71. The van der Waals surface area contributed by atoms with E-state index in [0.717, 1.165) is 50.6 Å². The van der Waals surface area contributed by atoms with Crippen LogP contribution in [0, 0.1) is 0 Å². The van der Waals surface area contributed by atoms with Gasteiger partial charge in [0.15, 0.2) is 17.5 Å². The molecule has 0 N–H and O–H groups in total. The molecule has 0 aliphatic carbocycles. The molecule has 0 saturated carbocycles. The third-order valence-corrected chi connectivity index (χ3v) is 18.8. The number of nitrogens with zero attached hydrogens (tertiary/aromatic N) is 3. The minimum absolute atomic E-state index is 0.689. The molecular formula is C49H39N3Si2. The van der Waals surface area contributed by atoms with Crippen LogP contribution in [0.5, 0.6) is 0 Å². The minimum atomic E-state index is -2.21. The molecule has 8 aromatic rings. The first kappa shape index (κ1) is 32.6. The first-order valence-electron chi connectivity index (χ1n) is 18.8. The number of rotatable bonds is 5. The predicted octanol–water partition coefficient (Wildman–Crippen LogP) is 9.81. The lowest BCUT2D eigenvalue weighted by atomic mass is 9.93. The van der Waals surface area contributed by atoms with E-state index in [1.165, 1.54) is 43.0 Å². The number of aromatic nitrogens is 3. The van der Waals surface area contributed by atoms with Crippen LogP contribution in [0.4, 0.5) is 0 Å². The monoisotopic (exact) mass is 725 g/mol. The summed E-state index contributed by atoms with van der Waals surface area (Å²) in [6, 6.07) is 59.2. The maximum absolute atomic E-state index is 5.71. The Hall–Kier alpha value is -6.02. The van der Waals surface area contributed by atoms with Crippen LogP contribution in [0.25, 0.3) is 78.7 Å². The molecule has 0 fully saturated rings. The van der Waals surface area contributed by atoms with Gasteiger partial charge in [-0.25, -0.2) is 15.0 Å². The van der Waals surface area contributed by atoms with E-state index >= 15 is 0 Å². The van der Waals surface area contributed by atoms with Crippen LogP contribution in [0.1, 0.15) is 0 Å². The lowest BCUT2D eigenvalue weighted by molar-refractivity contribution is 1.08. The molecule has 0 spiro atoms. The molecule has 0 radical (unpaired) electrons. The van der Waals surface area contributed by atoms with Crippen LogP contribution in [0.15, 0.2) is 164 Å². The average molecular weight is 726 g/mol. The van der Waals surface area contributed by atoms with Crippen LogP contribution < -0.4 is 20.7 Å². The van der Waals surface area contributed by atoms with Gasteiger partial charge in [-0.05, 0) is 65.3 Å². The van der Waals surface area contributed by atoms with Crippen molar-refractivity contribution in [3.05, 3.63) is 164 Å². The van der Waals surface area contributed by atoms with Gasteiger partial charge in [0.05, 0.1) is 0 Å². The Morgan fingerprint density at radius 2 is 0.630 bits per heavy atom. The molecule has 258 valence electrons. The van der Waals surface area contributed by atoms with Gasteiger partial charge < -0.3 is 0 Å². The van der Waals surface area contributed by atoms with Crippen molar-refractivity contribution in [2.24, 2.45) is 0 Å². The van der Waals surface area contributed by atoms with Crippen molar-refractivity contribution in [3.8, 4) is 78.7 Å². The maximum Gasteiger partial charge on any atom is 0.164 e. The Morgan fingerprint density at radius 1 is 0.296 bits per heavy atom. The highest BCUT2D eigenvalue weighted by molar-refractivity contribution is 7.05. The fourth-order valence-electron chi connectivity index (χ4n) is 9.24. The lowest BCUT2D eigenvalue weighted by Crippen LogP contribution is -2.50. The van der Waals surface area contributed by atoms with Crippen molar-refractivity contribution in [3.63, 3.8) is 0 Å². The second kappa shape index (κ2) is 12.3. The van der Waals surface area contributed by atoms with Crippen molar-refractivity contribution in [2.45, 2.75) is 26.2 Å². The van der Waals surface area contributed by atoms with Gasteiger partial charge in [0.25, 0.3) is 0 Å². The van der Waals surface area contributed by atoms with Gasteiger partial charge >= 0.3 is 0 Å². The van der Waals surface area contributed by atoms with E-state index in [1.807, 2.05) is 0 Å². The first-order chi connectivity index (χ1) is 26.3. The summed E-state index contributed by atoms with van der Waals surface area (Å²) in [6.07, 6.45) is 0. The van der Waals surface area contributed by atoms with Crippen LogP contribution in [-0.4, -0.2) is 31.1 Å². The smallest absolute Gasteiger partial charge is 0.164 e. The quantitative estimate of drug-likeness (QED) is 0.166. The highest BCUT2D eigenvalue weighted by atomic mass is 28.3. The van der Waals surface area contributed by atoms with E-state index in [9.17, 15) is 0 Å². The summed E-state index contributed by atoms with van der Waals surface area (Å²) in [6.45, 7) is 9.94. The van der Waals surface area contributed by atoms with Crippen molar-refractivity contribution in [1.82, 2.24) is 15.0 Å². The van der Waals surface area contributed by atoms with Crippen molar-refractivity contribution in [2.75, 3.05) is 0 Å². The average Bonchev–Trinajstić information content (AvgIpc) is 3.60. The second-order valence-corrected chi connectivity index (χ2v) is 24.1. The molecule has 3 nitrogen and oxygen atoms in total. The SMILES string of the molecule is C[Si]1(C)c2ccccc2-c2ccc(-c3ccccc3)c(-c3nc(-c4ccccc4)nc(-c4c(-c5ccccc5)ccc5c4[Si](C)(C)c4ccccc4-5)n3)c21. The van der Waals surface area contributed by atoms with Gasteiger partial charge in [0.1, 0.15) is 16.1 Å². The normalized spacial score (nSPS) is 14.2. The summed E-state index contributed by atoms with van der Waals surface area (Å²) in [5.41, 5.74) is 13.1. The molecule has 1 aromatic heterocycles. The van der Waals surface area contributed by atoms with Gasteiger partial charge in [-0.3, -0.25) is 0 Å².